The third kappa shape index (κ3) is 2.29. The van der Waals surface area contributed by atoms with Gasteiger partial charge in [0, 0.05) is 29.7 Å². The first kappa shape index (κ1) is 15.2. The van der Waals surface area contributed by atoms with Gasteiger partial charge in [0.25, 0.3) is 0 Å². The van der Waals surface area contributed by atoms with Crippen LogP contribution in [0.3, 0.4) is 0 Å². The fraction of sp³-hybridized carbons (Fsp3) is 0.400. The minimum Gasteiger partial charge on any atom is -0.312 e. The molecule has 0 spiro atoms. The Morgan fingerprint density at radius 2 is 1.90 bits per heavy atom. The second-order valence-electron chi connectivity index (χ2n) is 5.88. The number of rotatable bonds is 2. The molecule has 0 atom stereocenters. The van der Waals surface area contributed by atoms with E-state index in [1.54, 1.807) is 0 Å². The predicted molar refractivity (Wildman–Crippen MR) is 87.4 cm³/mol. The number of benzene rings is 1. The molecule has 3 aromatic rings. The van der Waals surface area contributed by atoms with E-state index in [0.29, 0.717) is 5.88 Å². The lowest BCUT2D eigenvalue weighted by atomic mass is 9.92. The van der Waals surface area contributed by atoms with Crippen LogP contribution in [0.4, 0.5) is 0 Å². The fourth-order valence-electron chi connectivity index (χ4n) is 2.55. The van der Waals surface area contributed by atoms with Crippen molar-refractivity contribution in [2.24, 2.45) is 0 Å². The normalized spacial score (nSPS) is 12.0. The van der Waals surface area contributed by atoms with Crippen molar-refractivity contribution in [2.75, 3.05) is 5.88 Å². The van der Waals surface area contributed by atoms with Crippen molar-refractivity contribution in [3.63, 3.8) is 0 Å². The van der Waals surface area contributed by atoms with Crippen molar-refractivity contribution >= 4 is 40.8 Å². The Morgan fingerprint density at radius 3 is 2.55 bits per heavy atom. The summed E-state index contributed by atoms with van der Waals surface area (Å²) in [6, 6.07) is 8.22. The molecule has 0 N–H and O–H groups in total. The fourth-order valence-corrected chi connectivity index (χ4v) is 2.72. The van der Waals surface area contributed by atoms with Crippen molar-refractivity contribution in [2.45, 2.75) is 32.7 Å². The molecule has 20 heavy (non-hydrogen) atoms. The Morgan fingerprint density at radius 1 is 1.20 bits per heavy atom. The molecule has 0 unspecified atom stereocenters. The van der Waals surface area contributed by atoms with Crippen LogP contribution in [0.1, 0.15) is 26.5 Å². The number of aromatic nitrogens is 3. The van der Waals surface area contributed by atoms with Crippen molar-refractivity contribution in [1.82, 2.24) is 14.0 Å². The molecule has 1 aromatic carbocycles. The standard InChI is InChI=1S/C15H18ClN3.ClH/c1-15(2,3)13-10-19-12-7-5-4-6-11(12)17-14(19)18(13)9-8-16;/h4-7,10H,8-9H2,1-3H3;1H. The van der Waals surface area contributed by atoms with E-state index in [9.17, 15) is 0 Å². The predicted octanol–water partition coefficient (Wildman–Crippen LogP) is 4.25. The average molecular weight is 312 g/mol. The Bertz CT molecular complexity index is 735. The van der Waals surface area contributed by atoms with Gasteiger partial charge in [0.2, 0.25) is 5.78 Å². The zero-order valence-corrected chi connectivity index (χ0v) is 13.5. The van der Waals surface area contributed by atoms with Crippen molar-refractivity contribution in [3.8, 4) is 0 Å². The minimum absolute atomic E-state index is 0. The van der Waals surface area contributed by atoms with Crippen LogP contribution in [0.25, 0.3) is 16.8 Å². The molecular weight excluding hydrogens is 293 g/mol. The summed E-state index contributed by atoms with van der Waals surface area (Å²) < 4.78 is 4.40. The maximum absolute atomic E-state index is 5.96. The van der Waals surface area contributed by atoms with E-state index >= 15 is 0 Å². The summed E-state index contributed by atoms with van der Waals surface area (Å²) in [7, 11) is 0. The molecular formula is C15H19Cl2N3. The highest BCUT2D eigenvalue weighted by molar-refractivity contribution is 6.17. The van der Waals surface area contributed by atoms with Crippen molar-refractivity contribution < 1.29 is 0 Å². The van der Waals surface area contributed by atoms with Crippen molar-refractivity contribution in [3.05, 3.63) is 36.2 Å². The number of hydrogen-bond acceptors (Lipinski definition) is 1. The number of alkyl halides is 1. The van der Waals surface area contributed by atoms with Gasteiger partial charge >= 0.3 is 0 Å². The Hall–Kier alpha value is -1.19. The first-order valence-electron chi connectivity index (χ1n) is 6.55. The summed E-state index contributed by atoms with van der Waals surface area (Å²) in [6.07, 6.45) is 2.19. The molecule has 0 amide bonds. The second-order valence-corrected chi connectivity index (χ2v) is 6.25. The number of imidazole rings is 2. The second kappa shape index (κ2) is 5.30. The summed E-state index contributed by atoms with van der Waals surface area (Å²) in [5.41, 5.74) is 3.52. The van der Waals surface area contributed by atoms with Crippen LogP contribution < -0.4 is 0 Å². The van der Waals surface area contributed by atoms with Gasteiger partial charge in [0.05, 0.1) is 11.0 Å². The largest absolute Gasteiger partial charge is 0.312 e. The molecule has 0 bridgehead atoms. The smallest absolute Gasteiger partial charge is 0.215 e. The monoisotopic (exact) mass is 311 g/mol. The number of aryl methyl sites for hydroxylation is 1. The average Bonchev–Trinajstić information content (AvgIpc) is 2.86. The SMILES string of the molecule is CC(C)(C)c1cn2c3ccccc3nc2n1CCCl.Cl. The van der Waals surface area contributed by atoms with Gasteiger partial charge in [-0.1, -0.05) is 32.9 Å². The van der Waals surface area contributed by atoms with E-state index in [1.165, 1.54) is 5.69 Å². The van der Waals surface area contributed by atoms with E-state index in [4.69, 9.17) is 16.6 Å². The lowest BCUT2D eigenvalue weighted by Gasteiger charge is -2.20. The molecule has 108 valence electrons. The molecule has 0 fully saturated rings. The van der Waals surface area contributed by atoms with Gasteiger partial charge in [0.15, 0.2) is 0 Å². The van der Waals surface area contributed by atoms with Crippen molar-refractivity contribution in [1.29, 1.82) is 0 Å². The molecule has 0 aliphatic rings. The van der Waals surface area contributed by atoms with Gasteiger partial charge in [-0.25, -0.2) is 4.98 Å². The van der Waals surface area contributed by atoms with Crippen LogP contribution >= 0.6 is 24.0 Å². The molecule has 3 rings (SSSR count). The molecule has 5 heteroatoms. The first-order valence-corrected chi connectivity index (χ1v) is 7.08. The Kier molecular flexibility index (Phi) is 4.03. The number of nitrogens with zero attached hydrogens (tertiary/aromatic N) is 3. The molecule has 2 aromatic heterocycles. The van der Waals surface area contributed by atoms with Crippen LogP contribution in [-0.2, 0) is 12.0 Å². The lowest BCUT2D eigenvalue weighted by molar-refractivity contribution is 0.531. The van der Waals surface area contributed by atoms with Crippen LogP contribution in [0.15, 0.2) is 30.5 Å². The number of fused-ring (bicyclic) bond motifs is 3. The van der Waals surface area contributed by atoms with Gasteiger partial charge < -0.3 is 4.57 Å². The maximum Gasteiger partial charge on any atom is 0.215 e. The molecule has 2 heterocycles. The minimum atomic E-state index is 0. The van der Waals surface area contributed by atoms with Crippen LogP contribution in [0.5, 0.6) is 0 Å². The van der Waals surface area contributed by atoms with E-state index in [0.717, 1.165) is 23.4 Å². The highest BCUT2D eigenvalue weighted by atomic mass is 35.5. The van der Waals surface area contributed by atoms with Crippen LogP contribution in [0, 0.1) is 0 Å². The molecule has 0 saturated carbocycles. The zero-order chi connectivity index (χ0) is 13.6. The third-order valence-corrected chi connectivity index (χ3v) is 3.61. The Labute approximate surface area is 130 Å². The molecule has 0 aliphatic heterocycles. The number of para-hydroxylation sites is 2. The molecule has 3 nitrogen and oxygen atoms in total. The van der Waals surface area contributed by atoms with Gasteiger partial charge in [-0.15, -0.1) is 24.0 Å². The first-order chi connectivity index (χ1) is 9.02. The van der Waals surface area contributed by atoms with E-state index in [1.807, 2.05) is 18.2 Å². The maximum atomic E-state index is 5.96. The Balaban J connectivity index is 0.00000147. The highest BCUT2D eigenvalue weighted by Crippen LogP contribution is 2.27. The number of halogens is 2. The molecule has 0 radical (unpaired) electrons. The molecule has 0 saturated heterocycles. The summed E-state index contributed by atoms with van der Waals surface area (Å²) >= 11 is 5.96. The van der Waals surface area contributed by atoms with Crippen LogP contribution in [-0.4, -0.2) is 19.8 Å². The number of hydrogen-bond donors (Lipinski definition) is 0. The highest BCUT2D eigenvalue weighted by Gasteiger charge is 2.22. The van der Waals surface area contributed by atoms with Gasteiger partial charge in [-0.3, -0.25) is 4.40 Å². The summed E-state index contributed by atoms with van der Waals surface area (Å²) in [5, 5.41) is 0. The van der Waals surface area contributed by atoms with E-state index in [-0.39, 0.29) is 17.8 Å². The van der Waals surface area contributed by atoms with Crippen LogP contribution in [0.2, 0.25) is 0 Å². The van der Waals surface area contributed by atoms with Gasteiger partial charge in [-0.05, 0) is 12.1 Å². The topological polar surface area (TPSA) is 22.2 Å². The molecule has 0 aliphatic carbocycles. The zero-order valence-electron chi connectivity index (χ0n) is 11.9. The van der Waals surface area contributed by atoms with Gasteiger partial charge in [-0.2, -0.15) is 0 Å². The summed E-state index contributed by atoms with van der Waals surface area (Å²) in [6.45, 7) is 7.44. The summed E-state index contributed by atoms with van der Waals surface area (Å²) in [4.78, 5) is 4.74. The third-order valence-electron chi connectivity index (χ3n) is 3.44. The van der Waals surface area contributed by atoms with E-state index < -0.39 is 0 Å². The van der Waals surface area contributed by atoms with Gasteiger partial charge in [0.1, 0.15) is 0 Å². The van der Waals surface area contributed by atoms with E-state index in [2.05, 4.69) is 42.0 Å². The lowest BCUT2D eigenvalue weighted by Crippen LogP contribution is -2.18. The quantitative estimate of drug-likeness (QED) is 0.649. The summed E-state index contributed by atoms with van der Waals surface area (Å²) in [5.74, 6) is 1.57.